The molecule has 0 rings (SSSR count). The quantitative estimate of drug-likeness (QED) is 0.00259. The summed E-state index contributed by atoms with van der Waals surface area (Å²) < 4.78 is 56.2. The minimum Gasteiger partial charge on any atom is -0.481 e. The normalized spacial score (nSPS) is 10.8. The van der Waals surface area contributed by atoms with Crippen molar-refractivity contribution in [3.8, 4) is 12.0 Å². The summed E-state index contributed by atoms with van der Waals surface area (Å²) in [6.07, 6.45) is -6.37. The average molecular weight is 1850 g/mol. The van der Waals surface area contributed by atoms with Crippen LogP contribution < -0.4 is 0 Å². The Balaban J connectivity index is -0.0000000859. The number of carboxylic acid groups (broad SMARTS) is 14. The standard InChI is InChI=1S/2C6H10O4.C5H8O4.C5H6O4.C5H8O4.C4H6O6.C4H6O5.C4H6O4S2.C4H6O4S.C4H6O4.C4H4O4.C4H2O4.C3H4O4.C2H2O4/c1-6(2,10-4-7)3-5(8)9;1-4(6(8)9)5(2)10-3-7;2*1-4(9-3-6)2-5(7)8;6-4-9-3-1-2-5(7)8;5-1-10-4(9)2(6)3(7)8;5-2-9-4(8)1-3(6)7;5-1-8-4(10)2(9)3(6)7;5-2-8-4(9)1-3(6)7;3*5-3-8-2-1-4(6)7;4-2-7-1-3(5)6;3-1-6-2(4)5/h4H,3H2,1-2H3,(H,8,9);3-5H,1-2H3,(H,8,9);3-4H,2H2,1H3,(H,7,8);3H,1-2H2,(H,7,8);4H,1-3H2,(H,7,8);1-2,4,6,9H,(H,7,8);2,4,8H,1H2,(H,6,7);1-2,4,9-10H,(H,6,7);2,4,9H,1H2,(H,6,7);3H,1-2H2,(H,6,7);1-3H,(H,6,7);3H,(H,6,7);2H,1H2,(H,5,6);1H,(H,4,5)/b;;;;;;;;;;2-1+;;;. The number of aliphatic hydroxyl groups excluding tert-OH is 3. The molecule has 0 bridgehead atoms. The molecule has 0 aliphatic carbocycles. The van der Waals surface area contributed by atoms with Gasteiger partial charge < -0.3 is 153 Å². The maximum atomic E-state index is 10.2. The van der Waals surface area contributed by atoms with Crippen LogP contribution in [0.2, 0.25) is 0 Å². The van der Waals surface area contributed by atoms with Crippen molar-refractivity contribution in [1.82, 2.24) is 0 Å². The van der Waals surface area contributed by atoms with E-state index in [2.05, 4.69) is 111 Å². The first kappa shape index (κ1) is 139. The van der Waals surface area contributed by atoms with E-state index in [1.807, 2.05) is 0 Å². The van der Waals surface area contributed by atoms with E-state index < -0.39 is 155 Å². The van der Waals surface area contributed by atoms with Crippen LogP contribution in [0.25, 0.3) is 0 Å². The highest BCUT2D eigenvalue weighted by molar-refractivity contribution is 7.85. The van der Waals surface area contributed by atoms with Crippen LogP contribution in [0.3, 0.4) is 0 Å². The van der Waals surface area contributed by atoms with E-state index in [9.17, 15) is 125 Å². The van der Waals surface area contributed by atoms with E-state index in [-0.39, 0.29) is 142 Å². The first-order valence-corrected chi connectivity index (χ1v) is 31.4. The predicted octanol–water partition coefficient (Wildman–Crippen LogP) is -4.88. The number of thiol groups is 3. The van der Waals surface area contributed by atoms with Crippen molar-refractivity contribution in [1.29, 1.82) is 0 Å². The van der Waals surface area contributed by atoms with Crippen LogP contribution in [-0.4, -0.2) is 334 Å². The zero-order valence-corrected chi connectivity index (χ0v) is 65.7. The summed E-state index contributed by atoms with van der Waals surface area (Å²) in [6.45, 7) is 12.0. The highest BCUT2D eigenvalue weighted by Gasteiger charge is 2.25. The third-order valence-corrected chi connectivity index (χ3v) is 9.89. The fourth-order valence-corrected chi connectivity index (χ4v) is 4.02. The summed E-state index contributed by atoms with van der Waals surface area (Å²) in [5, 5.41) is 136. The summed E-state index contributed by atoms with van der Waals surface area (Å²) >= 11 is 10.8. The summed E-state index contributed by atoms with van der Waals surface area (Å²) in [5.41, 5.74) is -2.73. The van der Waals surface area contributed by atoms with Gasteiger partial charge in [-0.05, 0) is 41.0 Å². The van der Waals surface area contributed by atoms with E-state index in [4.69, 9.17) is 96.4 Å². The van der Waals surface area contributed by atoms with Gasteiger partial charge in [0.2, 0.25) is 18.7 Å². The van der Waals surface area contributed by atoms with Crippen LogP contribution >= 0.6 is 37.9 Å². The van der Waals surface area contributed by atoms with E-state index >= 15 is 0 Å². The number of rotatable bonds is 49. The molecule has 0 aromatic rings. The van der Waals surface area contributed by atoms with Gasteiger partial charge in [-0.15, -0.1) is 25.3 Å². The number of aliphatic carboxylic acids is 13. The molecule has 0 saturated heterocycles. The SMILES string of the molecule is C=C(CC(=O)O)OC=O.CC(C)(CC(=O)O)OC=O.CC(CC(=O)O)OC=O.CC(OC=O)C(C)C(=O)O.O=CO/C=C/C(=O)O.O=COC#CC(=O)O.O=COC(=O)O.O=COC(O)C(O)C(=O)O.O=COC(O)CC(=O)O.O=COC(S)C(S)C(=O)O.O=COC(S)CC(=O)O.O=COCC(=O)O.O=COCCC(=O)O.O=COCCCC(=O)O. The summed E-state index contributed by atoms with van der Waals surface area (Å²) in [4.78, 5) is 269. The van der Waals surface area contributed by atoms with Gasteiger partial charge in [0, 0.05) is 6.42 Å². The molecule has 0 aliphatic heterocycles. The van der Waals surface area contributed by atoms with Gasteiger partial charge in [-0.2, -0.15) is 12.6 Å². The second-order valence-corrected chi connectivity index (χ2v) is 20.1. The molecule has 0 fully saturated rings. The lowest BCUT2D eigenvalue weighted by Gasteiger charge is -2.19. The van der Waals surface area contributed by atoms with Crippen molar-refractivity contribution < 1.29 is 287 Å². The van der Waals surface area contributed by atoms with E-state index in [1.165, 1.54) is 34.6 Å². The summed E-state index contributed by atoms with van der Waals surface area (Å²) in [6, 6.07) is 0. The third-order valence-electron chi connectivity index (χ3n) is 8.44. The fraction of sp³-hybridized carbons (Fsp3) is 0.433. The molecule has 0 radical (unpaired) electrons. The number of hydrogen-bond donors (Lipinski definition) is 20. The van der Waals surface area contributed by atoms with Gasteiger partial charge in [-0.3, -0.25) is 110 Å². The van der Waals surface area contributed by atoms with Crippen LogP contribution in [0.4, 0.5) is 4.79 Å². The van der Waals surface area contributed by atoms with Crippen molar-refractivity contribution in [2.45, 2.75) is 139 Å². The molecule has 0 aliphatic rings. The number of carbonyl (C=O) groups excluding carboxylic acids is 14. The van der Waals surface area contributed by atoms with Gasteiger partial charge >= 0.3 is 96.7 Å². The van der Waals surface area contributed by atoms with E-state index in [0.717, 1.165) is 6.26 Å². The molecule has 0 spiro atoms. The second kappa shape index (κ2) is 104. The minimum atomic E-state index is -2.09. The fourth-order valence-electron chi connectivity index (χ4n) is 3.56. The number of aliphatic hydroxyl groups is 3. The Hall–Kier alpha value is -14.9. The summed E-state index contributed by atoms with van der Waals surface area (Å²) in [5.74, 6) is -13.7. The molecular formula is C60H84O59S3. The van der Waals surface area contributed by atoms with Crippen molar-refractivity contribution in [3.63, 3.8) is 0 Å². The van der Waals surface area contributed by atoms with Gasteiger partial charge in [-0.1, -0.05) is 6.58 Å². The number of carboxylic acids is 13. The van der Waals surface area contributed by atoms with Gasteiger partial charge in [-0.25, -0.2) is 24.0 Å². The first-order valence-electron chi connectivity index (χ1n) is 29.8. The highest BCUT2D eigenvalue weighted by Crippen LogP contribution is 2.12. The number of carbonyl (C=O) groups is 28. The maximum absolute atomic E-state index is 10.2. The van der Waals surface area contributed by atoms with Crippen molar-refractivity contribution >= 4 is 212 Å². The highest BCUT2D eigenvalue weighted by atomic mass is 32.1. The van der Waals surface area contributed by atoms with Crippen LogP contribution in [0.5, 0.6) is 0 Å². The molecule has 0 saturated carbocycles. The zero-order chi connectivity index (χ0) is 98.8. The van der Waals surface area contributed by atoms with Gasteiger partial charge in [0.1, 0.15) is 60.6 Å². The van der Waals surface area contributed by atoms with E-state index in [0.29, 0.717) is 19.0 Å². The van der Waals surface area contributed by atoms with Crippen LogP contribution in [0, 0.1) is 17.9 Å². The van der Waals surface area contributed by atoms with Crippen molar-refractivity contribution in [3.05, 3.63) is 24.7 Å². The zero-order valence-electron chi connectivity index (χ0n) is 63.0. The first-order chi connectivity index (χ1) is 56.5. The smallest absolute Gasteiger partial charge is 0.481 e. The maximum Gasteiger partial charge on any atom is 0.513 e. The topological polar surface area (TPSA) is 951 Å². The van der Waals surface area contributed by atoms with Crippen LogP contribution in [-0.2, 0) is 196 Å². The molecule has 0 heterocycles. The minimum absolute atomic E-state index is 0.00634. The Morgan fingerprint density at radius 3 is 1.21 bits per heavy atom. The van der Waals surface area contributed by atoms with Crippen molar-refractivity contribution in [2.24, 2.45) is 5.92 Å². The Bertz CT molecular complexity index is 3020. The Labute approximate surface area is 698 Å². The predicted molar refractivity (Wildman–Crippen MR) is 383 cm³/mol. The molecule has 62 heteroatoms. The van der Waals surface area contributed by atoms with E-state index in [1.54, 1.807) is 12.0 Å². The molecule has 0 amide bonds. The molecule has 0 aromatic carbocycles. The molecular weight excluding hydrogens is 1760 g/mol. The Morgan fingerprint density at radius 1 is 0.443 bits per heavy atom. The lowest BCUT2D eigenvalue weighted by molar-refractivity contribution is -0.186. The largest absolute Gasteiger partial charge is 0.513 e. The molecule has 9 unspecified atom stereocenters. The summed E-state index contributed by atoms with van der Waals surface area (Å²) in [7, 11) is 0. The molecule has 59 nitrogen and oxygen atoms in total. The number of hydrogen-bond acceptors (Lipinski definition) is 48. The molecule has 122 heavy (non-hydrogen) atoms. The van der Waals surface area contributed by atoms with Crippen LogP contribution in [0.15, 0.2) is 24.7 Å². The Kier molecular flexibility index (Phi) is 119. The number of ether oxygens (including phenoxy) is 14. The van der Waals surface area contributed by atoms with Gasteiger partial charge in [0.05, 0.1) is 50.2 Å². The monoisotopic (exact) mass is 1840 g/mol. The second-order valence-electron chi connectivity index (χ2n) is 18.4. The van der Waals surface area contributed by atoms with Crippen molar-refractivity contribution in [2.75, 3.05) is 19.8 Å². The molecule has 9 atom stereocenters. The van der Waals surface area contributed by atoms with Crippen LogP contribution in [0.1, 0.15) is 86.0 Å². The van der Waals surface area contributed by atoms with Gasteiger partial charge in [0.25, 0.3) is 77.7 Å². The van der Waals surface area contributed by atoms with Gasteiger partial charge in [0.15, 0.2) is 17.5 Å². The third kappa shape index (κ3) is 165. The average Bonchev–Trinajstić information content (AvgIpc) is 0.941. The lowest BCUT2D eigenvalue weighted by Crippen LogP contribution is -2.35. The lowest BCUT2D eigenvalue weighted by atomic mass is 10.1. The molecule has 696 valence electrons. The molecule has 0 aromatic heterocycles. The molecule has 17 N–H and O–H groups in total. The Morgan fingerprint density at radius 2 is 0.902 bits per heavy atom.